The first-order valence-electron chi connectivity index (χ1n) is 12.7. The zero-order valence-electron chi connectivity index (χ0n) is 21.4. The number of phenolic OH excluding ortho intramolecular Hbond substituents is 2. The average Bonchev–Trinajstić information content (AvgIpc) is 3.34. The van der Waals surface area contributed by atoms with E-state index >= 15 is 0 Å². The summed E-state index contributed by atoms with van der Waals surface area (Å²) in [7, 11) is 0. The smallest absolute Gasteiger partial charge is 0.150 e. The number of rotatable bonds is 6. The Morgan fingerprint density at radius 1 is 1.14 bits per heavy atom. The molecule has 1 saturated heterocycles. The van der Waals surface area contributed by atoms with E-state index in [4.69, 9.17) is 9.47 Å². The van der Waals surface area contributed by atoms with Crippen molar-refractivity contribution in [1.29, 1.82) is 5.26 Å². The molecule has 6 heteroatoms. The van der Waals surface area contributed by atoms with Crippen LogP contribution in [0.3, 0.4) is 0 Å². The first-order valence-corrected chi connectivity index (χ1v) is 12.7. The summed E-state index contributed by atoms with van der Waals surface area (Å²) in [5.74, 6) is 2.16. The van der Waals surface area contributed by atoms with E-state index in [9.17, 15) is 15.5 Å². The van der Waals surface area contributed by atoms with Crippen molar-refractivity contribution in [3.63, 3.8) is 0 Å². The predicted octanol–water partition coefficient (Wildman–Crippen LogP) is 6.14. The first-order chi connectivity index (χ1) is 17.8. The summed E-state index contributed by atoms with van der Waals surface area (Å²) in [6, 6.07) is 20.5. The van der Waals surface area contributed by atoms with Crippen LogP contribution in [-0.4, -0.2) is 40.9 Å². The Balaban J connectivity index is 1.44. The fourth-order valence-electron chi connectivity index (χ4n) is 5.28. The fourth-order valence-corrected chi connectivity index (χ4v) is 5.28. The minimum atomic E-state index is -0.468. The number of phenols is 2. The van der Waals surface area contributed by atoms with Gasteiger partial charge in [0.1, 0.15) is 41.8 Å². The molecule has 0 saturated carbocycles. The quantitative estimate of drug-likeness (QED) is 0.426. The number of benzene rings is 3. The third-order valence-corrected chi connectivity index (χ3v) is 7.44. The van der Waals surface area contributed by atoms with E-state index in [-0.39, 0.29) is 17.1 Å². The van der Waals surface area contributed by atoms with Crippen LogP contribution in [0.1, 0.15) is 55.5 Å². The van der Waals surface area contributed by atoms with Crippen LogP contribution in [0.4, 0.5) is 0 Å². The summed E-state index contributed by atoms with van der Waals surface area (Å²) in [6.07, 6.45) is 0.775. The molecule has 6 nitrogen and oxygen atoms in total. The number of fused-ring (bicyclic) bond motifs is 1. The highest BCUT2D eigenvalue weighted by molar-refractivity contribution is 5.96. The monoisotopic (exact) mass is 496 g/mol. The molecule has 2 aliphatic heterocycles. The number of nitriles is 1. The Hall–Kier alpha value is -3.95. The SMILES string of the molecule is CC1=C(c2cccc(O)c2)C(c2ccc(OCC(C)N3CCC(C)C3)cc2)Oc2cc(C#N)c(O)cc21. The molecular weight excluding hydrogens is 464 g/mol. The Bertz CT molecular complexity index is 1370. The molecule has 5 rings (SSSR count). The Morgan fingerprint density at radius 3 is 2.59 bits per heavy atom. The van der Waals surface area contributed by atoms with E-state index in [0.717, 1.165) is 52.6 Å². The second-order valence-corrected chi connectivity index (χ2v) is 10.2. The van der Waals surface area contributed by atoms with Gasteiger partial charge in [-0.2, -0.15) is 5.26 Å². The third kappa shape index (κ3) is 5.00. The number of ether oxygens (including phenoxy) is 2. The summed E-state index contributed by atoms with van der Waals surface area (Å²) in [6.45, 7) is 9.36. The van der Waals surface area contributed by atoms with Gasteiger partial charge in [0.15, 0.2) is 0 Å². The molecule has 37 heavy (non-hydrogen) atoms. The van der Waals surface area contributed by atoms with Crippen LogP contribution in [-0.2, 0) is 0 Å². The molecular formula is C31H32N2O4. The Kier molecular flexibility index (Phi) is 6.82. The molecule has 2 aliphatic rings. The molecule has 0 aliphatic carbocycles. The van der Waals surface area contributed by atoms with Crippen molar-refractivity contribution < 1.29 is 19.7 Å². The van der Waals surface area contributed by atoms with Crippen molar-refractivity contribution in [3.8, 4) is 29.1 Å². The lowest BCUT2D eigenvalue weighted by atomic mass is 9.85. The van der Waals surface area contributed by atoms with Gasteiger partial charge in [-0.3, -0.25) is 4.90 Å². The second kappa shape index (κ2) is 10.2. The standard InChI is InChI=1S/C31H32N2O4/c1-19-11-12-33(17-19)20(2)18-36-26-9-7-22(8-10-26)31-30(23-5-4-6-25(34)13-23)21(3)27-15-28(35)24(16-32)14-29(27)37-31/h4-10,13-15,19-20,31,34-35H,11-12,17-18H2,1-3H3. The maximum absolute atomic E-state index is 10.3. The lowest BCUT2D eigenvalue weighted by Crippen LogP contribution is -2.35. The predicted molar refractivity (Wildman–Crippen MR) is 144 cm³/mol. The van der Waals surface area contributed by atoms with Crippen LogP contribution < -0.4 is 9.47 Å². The van der Waals surface area contributed by atoms with Gasteiger partial charge in [-0.25, -0.2) is 0 Å². The number of aromatic hydroxyl groups is 2. The number of nitrogens with zero attached hydrogens (tertiary/aromatic N) is 2. The maximum Gasteiger partial charge on any atom is 0.150 e. The van der Waals surface area contributed by atoms with Gasteiger partial charge in [-0.15, -0.1) is 0 Å². The van der Waals surface area contributed by atoms with Crippen molar-refractivity contribution in [3.05, 3.63) is 82.9 Å². The third-order valence-electron chi connectivity index (χ3n) is 7.44. The van der Waals surface area contributed by atoms with Crippen molar-refractivity contribution >= 4 is 11.1 Å². The molecule has 0 spiro atoms. The molecule has 0 bridgehead atoms. The van der Waals surface area contributed by atoms with Gasteiger partial charge in [0, 0.05) is 29.8 Å². The molecule has 0 aromatic heterocycles. The summed E-state index contributed by atoms with van der Waals surface area (Å²) >= 11 is 0. The van der Waals surface area contributed by atoms with Gasteiger partial charge >= 0.3 is 0 Å². The van der Waals surface area contributed by atoms with Crippen molar-refractivity contribution in [2.24, 2.45) is 5.92 Å². The van der Waals surface area contributed by atoms with E-state index in [1.165, 1.54) is 6.42 Å². The van der Waals surface area contributed by atoms with Gasteiger partial charge in [0.25, 0.3) is 0 Å². The van der Waals surface area contributed by atoms with Gasteiger partial charge in [-0.05, 0) is 79.8 Å². The van der Waals surface area contributed by atoms with E-state index in [1.807, 2.05) is 43.3 Å². The molecule has 190 valence electrons. The molecule has 3 aromatic rings. The second-order valence-electron chi connectivity index (χ2n) is 10.2. The van der Waals surface area contributed by atoms with Gasteiger partial charge in [-0.1, -0.05) is 31.2 Å². The number of likely N-dealkylation sites (tertiary alicyclic amines) is 1. The largest absolute Gasteiger partial charge is 0.508 e. The van der Waals surface area contributed by atoms with Crippen LogP contribution in [0.2, 0.25) is 0 Å². The molecule has 3 unspecified atom stereocenters. The van der Waals surface area contributed by atoms with Crippen LogP contribution in [0.25, 0.3) is 11.1 Å². The number of allylic oxidation sites excluding steroid dienone is 1. The molecule has 1 fully saturated rings. The van der Waals surface area contributed by atoms with E-state index in [2.05, 4.69) is 18.7 Å². The Labute approximate surface area is 218 Å². The summed E-state index contributed by atoms with van der Waals surface area (Å²) in [5.41, 5.74) is 4.42. The number of hydrogen-bond donors (Lipinski definition) is 2. The number of hydrogen-bond acceptors (Lipinski definition) is 6. The molecule has 0 radical (unpaired) electrons. The van der Waals surface area contributed by atoms with Crippen LogP contribution in [0.15, 0.2) is 60.7 Å². The van der Waals surface area contributed by atoms with Crippen LogP contribution in [0, 0.1) is 17.2 Å². The van der Waals surface area contributed by atoms with E-state index in [0.29, 0.717) is 18.4 Å². The lowest BCUT2D eigenvalue weighted by molar-refractivity contribution is 0.169. The van der Waals surface area contributed by atoms with E-state index in [1.54, 1.807) is 30.3 Å². The van der Waals surface area contributed by atoms with Gasteiger partial charge in [0.2, 0.25) is 0 Å². The molecule has 3 atom stereocenters. The highest BCUT2D eigenvalue weighted by Crippen LogP contribution is 2.48. The highest BCUT2D eigenvalue weighted by atomic mass is 16.5. The minimum absolute atomic E-state index is 0.0861. The molecule has 2 heterocycles. The van der Waals surface area contributed by atoms with Crippen LogP contribution in [0.5, 0.6) is 23.0 Å². The zero-order chi connectivity index (χ0) is 26.1. The van der Waals surface area contributed by atoms with E-state index < -0.39 is 6.10 Å². The topological polar surface area (TPSA) is 86.0 Å². The first kappa shape index (κ1) is 24.7. The molecule has 2 N–H and O–H groups in total. The van der Waals surface area contributed by atoms with Crippen molar-refractivity contribution in [1.82, 2.24) is 4.90 Å². The average molecular weight is 497 g/mol. The summed E-state index contributed by atoms with van der Waals surface area (Å²) in [4.78, 5) is 2.48. The lowest BCUT2D eigenvalue weighted by Gasteiger charge is -2.31. The minimum Gasteiger partial charge on any atom is -0.508 e. The summed E-state index contributed by atoms with van der Waals surface area (Å²) in [5, 5.41) is 29.9. The zero-order valence-corrected chi connectivity index (χ0v) is 21.4. The maximum atomic E-state index is 10.3. The molecule has 0 amide bonds. The molecule has 3 aromatic carbocycles. The van der Waals surface area contributed by atoms with Crippen LogP contribution >= 0.6 is 0 Å². The van der Waals surface area contributed by atoms with Gasteiger partial charge in [0.05, 0.1) is 5.56 Å². The normalized spacial score (nSPS) is 20.2. The van der Waals surface area contributed by atoms with Gasteiger partial charge < -0.3 is 19.7 Å². The Morgan fingerprint density at radius 2 is 1.92 bits per heavy atom. The fraction of sp³-hybridized carbons (Fsp3) is 0.323. The van der Waals surface area contributed by atoms with Crippen molar-refractivity contribution in [2.45, 2.75) is 39.3 Å². The highest BCUT2D eigenvalue weighted by Gasteiger charge is 2.30. The van der Waals surface area contributed by atoms with Crippen molar-refractivity contribution in [2.75, 3.05) is 19.7 Å². The summed E-state index contributed by atoms with van der Waals surface area (Å²) < 4.78 is 12.6.